The van der Waals surface area contributed by atoms with E-state index < -0.39 is 11.7 Å². The van der Waals surface area contributed by atoms with Crippen LogP contribution in [0.25, 0.3) is 0 Å². The van der Waals surface area contributed by atoms with E-state index in [0.29, 0.717) is 42.2 Å². The van der Waals surface area contributed by atoms with Crippen LogP contribution in [0.5, 0.6) is 11.5 Å². The number of guanidine groups is 1. The largest absolute Gasteiger partial charge is 0.495 e. The van der Waals surface area contributed by atoms with Gasteiger partial charge in [-0.25, -0.2) is 9.69 Å². The molecule has 10 nitrogen and oxygen atoms in total. The van der Waals surface area contributed by atoms with Gasteiger partial charge in [0, 0.05) is 13.6 Å². The Balaban J connectivity index is 2.05. The van der Waals surface area contributed by atoms with E-state index in [2.05, 4.69) is 0 Å². The van der Waals surface area contributed by atoms with Gasteiger partial charge in [0.05, 0.1) is 30.7 Å². The summed E-state index contributed by atoms with van der Waals surface area (Å²) < 4.78 is 16.6. The zero-order valence-electron chi connectivity index (χ0n) is 21.9. The summed E-state index contributed by atoms with van der Waals surface area (Å²) in [5, 5.41) is 7.67. The van der Waals surface area contributed by atoms with E-state index in [0.717, 1.165) is 10.5 Å². The third-order valence-corrected chi connectivity index (χ3v) is 5.24. The number of hydrogen-bond acceptors (Lipinski definition) is 7. The topological polar surface area (TPSA) is 144 Å². The van der Waals surface area contributed by atoms with Gasteiger partial charge in [-0.05, 0) is 70.4 Å². The molecule has 0 heterocycles. The van der Waals surface area contributed by atoms with Crippen LogP contribution in [0, 0.1) is 12.3 Å². The number of para-hydroxylation sites is 1. The quantitative estimate of drug-likeness (QED) is 0.203. The Bertz CT molecular complexity index is 1100. The predicted octanol–water partition coefficient (Wildman–Crippen LogP) is 4.15. The van der Waals surface area contributed by atoms with Crippen LogP contribution in [0.4, 0.5) is 16.2 Å². The standard InChI is InChI=1S/C26H37N5O5/c1-17-12-13-19(30(5)23(32)18-10-9-11-20(34-6)22(18)27)21(16-17)35-15-8-7-14-31(24(28)29)25(33)36-26(2,3)4/h9-13,16H,7-8,14-15,27H2,1-6H3,(H3,28,29). The normalized spacial score (nSPS) is 10.9. The molecule has 0 unspecified atom stereocenters. The minimum atomic E-state index is -0.686. The van der Waals surface area contributed by atoms with Crippen LogP contribution in [0.3, 0.4) is 0 Å². The summed E-state index contributed by atoms with van der Waals surface area (Å²) in [6, 6.07) is 10.6. The van der Waals surface area contributed by atoms with Gasteiger partial charge in [-0.15, -0.1) is 0 Å². The first kappa shape index (κ1) is 28.3. The number of ether oxygens (including phenoxy) is 3. The van der Waals surface area contributed by atoms with E-state index in [1.54, 1.807) is 46.0 Å². The molecule has 36 heavy (non-hydrogen) atoms. The van der Waals surface area contributed by atoms with Crippen molar-refractivity contribution in [3.63, 3.8) is 0 Å². The van der Waals surface area contributed by atoms with Crippen molar-refractivity contribution in [2.75, 3.05) is 37.9 Å². The number of nitrogens with one attached hydrogen (secondary N) is 1. The fourth-order valence-corrected chi connectivity index (χ4v) is 3.39. The van der Waals surface area contributed by atoms with Gasteiger partial charge in [-0.2, -0.15) is 0 Å². The van der Waals surface area contributed by atoms with Gasteiger partial charge < -0.3 is 30.6 Å². The second kappa shape index (κ2) is 12.1. The van der Waals surface area contributed by atoms with Gasteiger partial charge in [0.1, 0.15) is 17.1 Å². The van der Waals surface area contributed by atoms with Crippen molar-refractivity contribution in [1.82, 2.24) is 4.90 Å². The molecule has 0 spiro atoms. The number of carbonyl (C=O) groups is 2. The van der Waals surface area contributed by atoms with Crippen molar-refractivity contribution < 1.29 is 23.8 Å². The molecule has 2 rings (SSSR count). The third-order valence-electron chi connectivity index (χ3n) is 5.24. The molecule has 2 aromatic carbocycles. The lowest BCUT2D eigenvalue weighted by Gasteiger charge is -2.26. The number of anilines is 2. The molecule has 0 radical (unpaired) electrons. The number of carbonyl (C=O) groups excluding carboxylic acids is 2. The first-order valence-corrected chi connectivity index (χ1v) is 11.6. The fraction of sp³-hybridized carbons (Fsp3) is 0.423. The maximum Gasteiger partial charge on any atom is 0.417 e. The Hall–Kier alpha value is -3.95. The molecule has 0 aliphatic heterocycles. The maximum absolute atomic E-state index is 13.2. The van der Waals surface area contributed by atoms with Crippen molar-refractivity contribution in [3.8, 4) is 11.5 Å². The number of nitrogen functional groups attached to an aromatic ring is 1. The van der Waals surface area contributed by atoms with E-state index in [-0.39, 0.29) is 24.1 Å². The molecule has 2 aromatic rings. The molecule has 0 fully saturated rings. The summed E-state index contributed by atoms with van der Waals surface area (Å²) in [7, 11) is 3.16. The molecule has 5 N–H and O–H groups in total. The molecule has 0 aliphatic carbocycles. The van der Waals surface area contributed by atoms with E-state index in [1.165, 1.54) is 12.0 Å². The highest BCUT2D eigenvalue weighted by molar-refractivity contribution is 6.10. The first-order chi connectivity index (χ1) is 16.9. The molecule has 10 heteroatoms. The zero-order valence-corrected chi connectivity index (χ0v) is 21.9. The van der Waals surface area contributed by atoms with Crippen LogP contribution in [0.15, 0.2) is 36.4 Å². The van der Waals surface area contributed by atoms with Gasteiger partial charge in [-0.3, -0.25) is 10.2 Å². The van der Waals surface area contributed by atoms with Gasteiger partial charge in [0.25, 0.3) is 5.91 Å². The average molecular weight is 500 g/mol. The Morgan fingerprint density at radius 1 is 1.08 bits per heavy atom. The third kappa shape index (κ3) is 7.53. The Kier molecular flexibility index (Phi) is 9.54. The predicted molar refractivity (Wildman–Crippen MR) is 141 cm³/mol. The SMILES string of the molecule is COc1cccc(C(=O)N(C)c2ccc(C)cc2OCCCCN(C(=N)N)C(=O)OC(C)(C)C)c1N. The number of methoxy groups -OCH3 is 1. The maximum atomic E-state index is 13.2. The smallest absolute Gasteiger partial charge is 0.417 e. The molecule has 0 aliphatic rings. The van der Waals surface area contributed by atoms with Crippen molar-refractivity contribution >= 4 is 29.3 Å². The summed E-state index contributed by atoms with van der Waals surface area (Å²) in [5.41, 5.74) is 13.2. The van der Waals surface area contributed by atoms with Gasteiger partial charge in [-0.1, -0.05) is 12.1 Å². The molecule has 0 saturated heterocycles. The molecule has 196 valence electrons. The van der Waals surface area contributed by atoms with Crippen LogP contribution in [0.2, 0.25) is 0 Å². The second-order valence-electron chi connectivity index (χ2n) is 9.33. The minimum absolute atomic E-state index is 0.224. The monoisotopic (exact) mass is 499 g/mol. The number of rotatable bonds is 9. The molecule has 0 bridgehead atoms. The summed E-state index contributed by atoms with van der Waals surface area (Å²) in [6.07, 6.45) is 0.462. The molecular formula is C26H37N5O5. The van der Waals surface area contributed by atoms with Crippen molar-refractivity contribution in [1.29, 1.82) is 5.41 Å². The van der Waals surface area contributed by atoms with Gasteiger partial charge >= 0.3 is 6.09 Å². The van der Waals surface area contributed by atoms with Crippen LogP contribution in [0.1, 0.15) is 49.5 Å². The van der Waals surface area contributed by atoms with Crippen molar-refractivity contribution in [2.45, 2.75) is 46.1 Å². The number of aryl methyl sites for hydroxylation is 1. The summed E-state index contributed by atoms with van der Waals surface area (Å²) in [4.78, 5) is 28.1. The lowest BCUT2D eigenvalue weighted by Crippen LogP contribution is -2.44. The fourth-order valence-electron chi connectivity index (χ4n) is 3.39. The van der Waals surface area contributed by atoms with Crippen LogP contribution < -0.4 is 25.8 Å². The van der Waals surface area contributed by atoms with Gasteiger partial charge in [0.15, 0.2) is 5.96 Å². The first-order valence-electron chi connectivity index (χ1n) is 11.6. The van der Waals surface area contributed by atoms with Crippen LogP contribution in [-0.4, -0.2) is 55.8 Å². The van der Waals surface area contributed by atoms with E-state index >= 15 is 0 Å². The number of hydrogen-bond donors (Lipinski definition) is 3. The molecule has 0 atom stereocenters. The Morgan fingerprint density at radius 2 is 1.78 bits per heavy atom. The Labute approximate surface area is 212 Å². The Morgan fingerprint density at radius 3 is 2.39 bits per heavy atom. The number of benzene rings is 2. The molecule has 0 aromatic heterocycles. The van der Waals surface area contributed by atoms with Crippen LogP contribution in [-0.2, 0) is 4.74 Å². The zero-order chi connectivity index (χ0) is 27.0. The summed E-state index contributed by atoms with van der Waals surface area (Å²) >= 11 is 0. The number of nitrogens with zero attached hydrogens (tertiary/aromatic N) is 2. The summed E-state index contributed by atoms with van der Waals surface area (Å²) in [6.45, 7) is 7.74. The highest BCUT2D eigenvalue weighted by atomic mass is 16.6. The average Bonchev–Trinajstić information content (AvgIpc) is 2.79. The van der Waals surface area contributed by atoms with Crippen molar-refractivity contribution in [2.24, 2.45) is 5.73 Å². The number of amides is 2. The van der Waals surface area contributed by atoms with Gasteiger partial charge in [0.2, 0.25) is 0 Å². The van der Waals surface area contributed by atoms with Crippen LogP contribution >= 0.6 is 0 Å². The summed E-state index contributed by atoms with van der Waals surface area (Å²) in [5.74, 6) is 0.307. The van der Waals surface area contributed by atoms with E-state index in [4.69, 9.17) is 31.1 Å². The lowest BCUT2D eigenvalue weighted by atomic mass is 10.1. The van der Waals surface area contributed by atoms with E-state index in [1.807, 2.05) is 25.1 Å². The number of unbranched alkanes of at least 4 members (excludes halogenated alkanes) is 1. The van der Waals surface area contributed by atoms with Crippen molar-refractivity contribution in [3.05, 3.63) is 47.5 Å². The highest BCUT2D eigenvalue weighted by Crippen LogP contribution is 2.32. The molecule has 2 amide bonds. The molecular weight excluding hydrogens is 462 g/mol. The highest BCUT2D eigenvalue weighted by Gasteiger charge is 2.24. The lowest BCUT2D eigenvalue weighted by molar-refractivity contribution is 0.0363. The minimum Gasteiger partial charge on any atom is -0.495 e. The molecule has 0 saturated carbocycles. The van der Waals surface area contributed by atoms with E-state index in [9.17, 15) is 9.59 Å². The second-order valence-corrected chi connectivity index (χ2v) is 9.33. The number of nitrogens with two attached hydrogens (primary N) is 2.